The van der Waals surface area contributed by atoms with E-state index in [-0.39, 0.29) is 29.9 Å². The zero-order chi connectivity index (χ0) is 16.0. The molecule has 2 aliphatic rings. The molecule has 1 aromatic carbocycles. The van der Waals surface area contributed by atoms with Gasteiger partial charge in [0.25, 0.3) is 11.8 Å². The van der Waals surface area contributed by atoms with Crippen LogP contribution in [0.4, 0.5) is 0 Å². The Morgan fingerprint density at radius 1 is 1.18 bits per heavy atom. The summed E-state index contributed by atoms with van der Waals surface area (Å²) in [7, 11) is 0. The van der Waals surface area contributed by atoms with Gasteiger partial charge in [-0.05, 0) is 31.0 Å². The molecule has 1 atom stereocenters. The zero-order valence-electron chi connectivity index (χ0n) is 12.0. The highest BCUT2D eigenvalue weighted by Crippen LogP contribution is 2.29. The number of hydrogen-bond acceptors (Lipinski definition) is 4. The first-order valence-corrected chi connectivity index (χ1v) is 6.91. The van der Waals surface area contributed by atoms with Crippen molar-refractivity contribution in [2.24, 2.45) is 0 Å². The van der Waals surface area contributed by atoms with Gasteiger partial charge in [0.15, 0.2) is 0 Å². The SMILES string of the molecule is C=C(C)c1ccc2c(c1)C(=O)N(C1CCC(=O)NC1=O)C2=O. The summed E-state index contributed by atoms with van der Waals surface area (Å²) in [4.78, 5) is 49.0. The smallest absolute Gasteiger partial charge is 0.262 e. The van der Waals surface area contributed by atoms with Gasteiger partial charge in [-0.15, -0.1) is 0 Å². The number of carbonyl (C=O) groups is 4. The zero-order valence-corrected chi connectivity index (χ0v) is 12.0. The molecule has 6 nitrogen and oxygen atoms in total. The second-order valence-corrected chi connectivity index (χ2v) is 5.49. The molecule has 1 aromatic rings. The predicted molar refractivity (Wildman–Crippen MR) is 77.8 cm³/mol. The molecule has 1 fully saturated rings. The first-order valence-electron chi connectivity index (χ1n) is 6.91. The number of allylic oxidation sites excluding steroid dienone is 1. The molecule has 1 N–H and O–H groups in total. The molecule has 0 spiro atoms. The summed E-state index contributed by atoms with van der Waals surface area (Å²) in [5.41, 5.74) is 2.10. The minimum atomic E-state index is -0.932. The molecule has 3 rings (SSSR count). The minimum Gasteiger partial charge on any atom is -0.295 e. The summed E-state index contributed by atoms with van der Waals surface area (Å²) in [5, 5.41) is 2.17. The summed E-state index contributed by atoms with van der Waals surface area (Å²) in [6.07, 6.45) is 0.268. The van der Waals surface area contributed by atoms with Crippen molar-refractivity contribution in [2.45, 2.75) is 25.8 Å². The van der Waals surface area contributed by atoms with Crippen molar-refractivity contribution < 1.29 is 19.2 Å². The Labute approximate surface area is 126 Å². The number of carbonyl (C=O) groups excluding carboxylic acids is 4. The van der Waals surface area contributed by atoms with E-state index in [2.05, 4.69) is 11.9 Å². The van der Waals surface area contributed by atoms with Gasteiger partial charge < -0.3 is 0 Å². The van der Waals surface area contributed by atoms with E-state index >= 15 is 0 Å². The third kappa shape index (κ3) is 2.04. The summed E-state index contributed by atoms with van der Waals surface area (Å²) < 4.78 is 0. The molecule has 1 unspecified atom stereocenters. The van der Waals surface area contributed by atoms with Crippen LogP contribution >= 0.6 is 0 Å². The van der Waals surface area contributed by atoms with Gasteiger partial charge in [-0.3, -0.25) is 29.4 Å². The Balaban J connectivity index is 1.98. The number of fused-ring (bicyclic) bond motifs is 1. The Bertz CT molecular complexity index is 751. The van der Waals surface area contributed by atoms with E-state index in [1.54, 1.807) is 25.1 Å². The van der Waals surface area contributed by atoms with Gasteiger partial charge in [-0.1, -0.05) is 18.2 Å². The highest BCUT2D eigenvalue weighted by Gasteiger charge is 2.44. The largest absolute Gasteiger partial charge is 0.295 e. The standard InChI is InChI=1S/C16H14N2O4/c1-8(2)9-3-4-10-11(7-9)16(22)18(15(10)21)12-5-6-13(19)17-14(12)20/h3-4,7,12H,1,5-6H2,2H3,(H,17,19,20). The van der Waals surface area contributed by atoms with Gasteiger partial charge in [-0.25, -0.2) is 0 Å². The lowest BCUT2D eigenvalue weighted by Crippen LogP contribution is -2.54. The molecule has 22 heavy (non-hydrogen) atoms. The van der Waals surface area contributed by atoms with E-state index in [1.807, 2.05) is 0 Å². The number of benzene rings is 1. The number of nitrogens with one attached hydrogen (secondary N) is 1. The van der Waals surface area contributed by atoms with Gasteiger partial charge in [0.1, 0.15) is 6.04 Å². The van der Waals surface area contributed by atoms with E-state index in [0.717, 1.165) is 16.0 Å². The van der Waals surface area contributed by atoms with Crippen molar-refractivity contribution in [3.8, 4) is 0 Å². The van der Waals surface area contributed by atoms with Crippen LogP contribution in [-0.4, -0.2) is 34.6 Å². The number of piperidine rings is 1. The van der Waals surface area contributed by atoms with Crippen molar-refractivity contribution in [2.75, 3.05) is 0 Å². The van der Waals surface area contributed by atoms with Crippen LogP contribution < -0.4 is 5.32 Å². The topological polar surface area (TPSA) is 83.6 Å². The Morgan fingerprint density at radius 3 is 2.50 bits per heavy atom. The normalized spacial score (nSPS) is 21.0. The molecule has 2 heterocycles. The van der Waals surface area contributed by atoms with E-state index in [0.29, 0.717) is 0 Å². The molecule has 0 saturated carbocycles. The van der Waals surface area contributed by atoms with Crippen LogP contribution in [0.1, 0.15) is 46.0 Å². The number of nitrogens with zero attached hydrogens (tertiary/aromatic N) is 1. The third-order valence-corrected chi connectivity index (χ3v) is 3.93. The highest BCUT2D eigenvalue weighted by molar-refractivity contribution is 6.23. The molecule has 112 valence electrons. The van der Waals surface area contributed by atoms with E-state index in [1.165, 1.54) is 0 Å². The number of imide groups is 2. The van der Waals surface area contributed by atoms with Crippen molar-refractivity contribution in [1.29, 1.82) is 0 Å². The van der Waals surface area contributed by atoms with Crippen LogP contribution in [0, 0.1) is 0 Å². The summed E-state index contributed by atoms with van der Waals surface area (Å²) in [6.45, 7) is 5.62. The number of hydrogen-bond donors (Lipinski definition) is 1. The van der Waals surface area contributed by atoms with Crippen LogP contribution in [0.25, 0.3) is 5.57 Å². The van der Waals surface area contributed by atoms with E-state index in [4.69, 9.17) is 0 Å². The average Bonchev–Trinajstić information content (AvgIpc) is 2.71. The maximum Gasteiger partial charge on any atom is 0.262 e. The molecule has 6 heteroatoms. The first-order chi connectivity index (χ1) is 10.4. The van der Waals surface area contributed by atoms with Gasteiger partial charge in [0.05, 0.1) is 11.1 Å². The van der Waals surface area contributed by atoms with E-state index in [9.17, 15) is 19.2 Å². The van der Waals surface area contributed by atoms with Crippen LogP contribution in [0.3, 0.4) is 0 Å². The second kappa shape index (κ2) is 4.91. The maximum atomic E-state index is 12.5. The highest BCUT2D eigenvalue weighted by atomic mass is 16.2. The summed E-state index contributed by atoms with van der Waals surface area (Å²) in [5.74, 6) is -1.99. The van der Waals surface area contributed by atoms with Crippen molar-refractivity contribution in [3.05, 3.63) is 41.5 Å². The molecule has 0 radical (unpaired) electrons. The van der Waals surface area contributed by atoms with Crippen molar-refractivity contribution in [1.82, 2.24) is 10.2 Å². The van der Waals surface area contributed by atoms with Gasteiger partial charge >= 0.3 is 0 Å². The van der Waals surface area contributed by atoms with Crippen LogP contribution in [0.15, 0.2) is 24.8 Å². The fraction of sp³-hybridized carbons (Fsp3) is 0.250. The molecule has 1 saturated heterocycles. The lowest BCUT2D eigenvalue weighted by Gasteiger charge is -2.27. The van der Waals surface area contributed by atoms with Gasteiger partial charge in [0.2, 0.25) is 11.8 Å². The van der Waals surface area contributed by atoms with Gasteiger partial charge in [-0.2, -0.15) is 0 Å². The monoisotopic (exact) mass is 298 g/mol. The van der Waals surface area contributed by atoms with Crippen molar-refractivity contribution >= 4 is 29.2 Å². The van der Waals surface area contributed by atoms with E-state index < -0.39 is 23.8 Å². The fourth-order valence-electron chi connectivity index (χ4n) is 2.74. The second-order valence-electron chi connectivity index (χ2n) is 5.49. The maximum absolute atomic E-state index is 12.5. The average molecular weight is 298 g/mol. The molecule has 4 amide bonds. The lowest BCUT2D eigenvalue weighted by atomic mass is 10.0. The van der Waals surface area contributed by atoms with Crippen LogP contribution in [0.5, 0.6) is 0 Å². The van der Waals surface area contributed by atoms with Crippen molar-refractivity contribution in [3.63, 3.8) is 0 Å². The summed E-state index contributed by atoms with van der Waals surface area (Å²) in [6, 6.07) is 3.98. The Morgan fingerprint density at radius 2 is 1.86 bits per heavy atom. The molecule has 0 bridgehead atoms. The Kier molecular flexibility index (Phi) is 3.16. The Hall–Kier alpha value is -2.76. The predicted octanol–water partition coefficient (Wildman–Crippen LogP) is 1.12. The lowest BCUT2D eigenvalue weighted by molar-refractivity contribution is -0.136. The minimum absolute atomic E-state index is 0.112. The van der Waals surface area contributed by atoms with Crippen LogP contribution in [-0.2, 0) is 9.59 Å². The quantitative estimate of drug-likeness (QED) is 0.829. The molecule has 2 aliphatic heterocycles. The summed E-state index contributed by atoms with van der Waals surface area (Å²) >= 11 is 0. The van der Waals surface area contributed by atoms with Crippen LogP contribution in [0.2, 0.25) is 0 Å². The first kappa shape index (κ1) is 14.2. The molecular weight excluding hydrogens is 284 g/mol. The molecule has 0 aliphatic carbocycles. The fourth-order valence-corrected chi connectivity index (χ4v) is 2.74. The number of amides is 4. The molecule has 0 aromatic heterocycles. The third-order valence-electron chi connectivity index (χ3n) is 3.93. The molecular formula is C16H14N2O4. The number of rotatable bonds is 2. The van der Waals surface area contributed by atoms with Gasteiger partial charge in [0, 0.05) is 6.42 Å².